The van der Waals surface area contributed by atoms with Crippen LogP contribution in [0.25, 0.3) is 11.3 Å². The summed E-state index contributed by atoms with van der Waals surface area (Å²) in [5, 5.41) is 24.0. The highest BCUT2D eigenvalue weighted by Crippen LogP contribution is 2.25. The van der Waals surface area contributed by atoms with Crippen molar-refractivity contribution in [3.05, 3.63) is 64.6 Å². The van der Waals surface area contributed by atoms with E-state index in [1.807, 2.05) is 13.8 Å². The molecule has 0 unspecified atom stereocenters. The highest BCUT2D eigenvalue weighted by molar-refractivity contribution is 6.30. The van der Waals surface area contributed by atoms with E-state index in [-0.39, 0.29) is 63.0 Å². The molecule has 14 nitrogen and oxygen atoms in total. The van der Waals surface area contributed by atoms with Crippen molar-refractivity contribution >= 4 is 47.3 Å². The number of hydrogen-bond acceptors (Lipinski definition) is 10. The van der Waals surface area contributed by atoms with Gasteiger partial charge < -0.3 is 35.3 Å². The first kappa shape index (κ1) is 35.5. The average Bonchev–Trinajstić information content (AvgIpc) is 3.51. The third-order valence-corrected chi connectivity index (χ3v) is 6.99. The number of hydrogen-bond donors (Lipinski definition) is 5. The van der Waals surface area contributed by atoms with Crippen molar-refractivity contribution in [2.75, 3.05) is 18.5 Å². The average molecular weight is 658 g/mol. The van der Waals surface area contributed by atoms with Crippen LogP contribution < -0.4 is 10.6 Å². The second kappa shape index (κ2) is 17.5. The van der Waals surface area contributed by atoms with E-state index in [9.17, 15) is 24.0 Å². The second-order valence-electron chi connectivity index (χ2n) is 10.3. The van der Waals surface area contributed by atoms with Crippen LogP contribution in [-0.4, -0.2) is 74.2 Å². The van der Waals surface area contributed by atoms with Gasteiger partial charge in [-0.25, -0.2) is 9.97 Å². The highest BCUT2D eigenvalue weighted by atomic mass is 35.5. The Morgan fingerprint density at radius 3 is 2.35 bits per heavy atom. The highest BCUT2D eigenvalue weighted by Gasteiger charge is 2.20. The minimum atomic E-state index is -1.10. The van der Waals surface area contributed by atoms with Gasteiger partial charge in [-0.2, -0.15) is 0 Å². The van der Waals surface area contributed by atoms with E-state index in [2.05, 4.69) is 25.6 Å². The molecular formula is C31H36ClN5O9. The zero-order valence-corrected chi connectivity index (χ0v) is 26.1. The molecule has 0 aliphatic carbocycles. The zero-order chi connectivity index (χ0) is 33.6. The quantitative estimate of drug-likeness (QED) is 0.121. The fourth-order valence-electron chi connectivity index (χ4n) is 4.24. The van der Waals surface area contributed by atoms with Crippen LogP contribution in [0.5, 0.6) is 0 Å². The van der Waals surface area contributed by atoms with Gasteiger partial charge in [0.05, 0.1) is 50.1 Å². The maximum Gasteiger partial charge on any atom is 0.306 e. The fraction of sp³-hybridized carbons (Fsp3) is 0.387. The summed E-state index contributed by atoms with van der Waals surface area (Å²) >= 11 is 6.17. The van der Waals surface area contributed by atoms with Crippen LogP contribution in [0.15, 0.2) is 42.7 Å². The summed E-state index contributed by atoms with van der Waals surface area (Å²) in [6.07, 6.45) is 2.92. The number of aromatic nitrogens is 3. The van der Waals surface area contributed by atoms with Gasteiger partial charge in [-0.3, -0.25) is 24.0 Å². The first-order valence-corrected chi connectivity index (χ1v) is 14.9. The minimum Gasteiger partial charge on any atom is -0.481 e. The van der Waals surface area contributed by atoms with E-state index in [1.54, 1.807) is 42.7 Å². The summed E-state index contributed by atoms with van der Waals surface area (Å²) < 4.78 is 10.4. The van der Waals surface area contributed by atoms with Crippen LogP contribution in [0.2, 0.25) is 5.02 Å². The molecule has 0 radical (unpaired) electrons. The molecule has 0 saturated heterocycles. The maximum absolute atomic E-state index is 13.3. The number of esters is 2. The number of carbonyl (C=O) groups is 5. The molecular weight excluding hydrogens is 622 g/mol. The Bertz CT molecular complexity index is 1540. The summed E-state index contributed by atoms with van der Waals surface area (Å²) in [4.78, 5) is 70.3. The SMILES string of the molecule is CC[C@H](COC(=O)CCC(=O)O)Nc1ncc(C)c(-c2c[nH]c(C(=O)N[C@H](CCOC(=O)CCC(=O)O)c3cccc(Cl)c3)c2)n1. The van der Waals surface area contributed by atoms with Gasteiger partial charge >= 0.3 is 23.9 Å². The molecule has 2 atom stereocenters. The first-order valence-electron chi connectivity index (χ1n) is 14.5. The number of nitrogens with one attached hydrogen (secondary N) is 3. The van der Waals surface area contributed by atoms with Crippen molar-refractivity contribution in [2.45, 2.75) is 64.5 Å². The molecule has 0 saturated carbocycles. The predicted octanol–water partition coefficient (Wildman–Crippen LogP) is 4.30. The maximum atomic E-state index is 13.3. The van der Waals surface area contributed by atoms with Gasteiger partial charge in [-0.1, -0.05) is 30.7 Å². The molecule has 2 aromatic heterocycles. The van der Waals surface area contributed by atoms with Gasteiger partial charge in [0.15, 0.2) is 0 Å². The molecule has 0 fully saturated rings. The van der Waals surface area contributed by atoms with Gasteiger partial charge in [0.25, 0.3) is 5.91 Å². The standard InChI is InChI=1S/C31H36ClN5O9/c1-3-22(17-46-28(43)10-8-26(40)41)35-31-34-15-18(2)29(37-31)20-14-24(33-16-20)30(44)36-23(19-5-4-6-21(32)13-19)11-12-45-27(42)9-7-25(38)39/h4-6,13-16,22-23,33H,3,7-12,17H2,1-2H3,(H,36,44)(H,38,39)(H,40,41)(H,34,35,37)/t22-,23-/m1/s1. The van der Waals surface area contributed by atoms with Crippen LogP contribution in [0.4, 0.5) is 5.95 Å². The number of nitrogens with zero attached hydrogens (tertiary/aromatic N) is 2. The molecule has 0 aliphatic heterocycles. The Morgan fingerprint density at radius 1 is 1.00 bits per heavy atom. The number of aryl methyl sites for hydroxylation is 1. The number of amides is 1. The summed E-state index contributed by atoms with van der Waals surface area (Å²) in [7, 11) is 0. The van der Waals surface area contributed by atoms with Crippen molar-refractivity contribution in [2.24, 2.45) is 0 Å². The van der Waals surface area contributed by atoms with Crippen molar-refractivity contribution in [1.82, 2.24) is 20.3 Å². The summed E-state index contributed by atoms with van der Waals surface area (Å²) in [5.74, 6) is -3.60. The lowest BCUT2D eigenvalue weighted by Crippen LogP contribution is -2.30. The lowest BCUT2D eigenvalue weighted by molar-refractivity contribution is -0.148. The Balaban J connectivity index is 1.68. The first-order chi connectivity index (χ1) is 21.9. The third kappa shape index (κ3) is 11.5. The number of rotatable bonds is 18. The molecule has 3 rings (SSSR count). The number of benzene rings is 1. The summed E-state index contributed by atoms with van der Waals surface area (Å²) in [5.41, 5.74) is 2.85. The van der Waals surface area contributed by atoms with Crippen molar-refractivity contribution < 1.29 is 43.7 Å². The number of anilines is 1. The van der Waals surface area contributed by atoms with E-state index in [4.69, 9.17) is 31.3 Å². The van der Waals surface area contributed by atoms with Gasteiger partial charge in [-0.15, -0.1) is 0 Å². The number of carboxylic acids is 2. The van der Waals surface area contributed by atoms with Crippen LogP contribution in [0.1, 0.15) is 73.1 Å². The Morgan fingerprint density at radius 2 is 1.70 bits per heavy atom. The van der Waals surface area contributed by atoms with E-state index in [0.717, 1.165) is 5.56 Å². The van der Waals surface area contributed by atoms with Crippen LogP contribution in [0, 0.1) is 6.92 Å². The topological polar surface area (TPSA) is 210 Å². The molecule has 1 aromatic carbocycles. The summed E-state index contributed by atoms with van der Waals surface area (Å²) in [6.45, 7) is 3.66. The molecule has 3 aromatic rings. The number of H-pyrrole nitrogens is 1. The number of carboxylic acid groups (broad SMARTS) is 2. The number of carbonyl (C=O) groups excluding carboxylic acids is 3. The minimum absolute atomic E-state index is 0.00528. The van der Waals surface area contributed by atoms with E-state index in [1.165, 1.54) is 0 Å². The number of ether oxygens (including phenoxy) is 2. The van der Waals surface area contributed by atoms with E-state index < -0.39 is 35.8 Å². The molecule has 246 valence electrons. The smallest absolute Gasteiger partial charge is 0.306 e. The molecule has 46 heavy (non-hydrogen) atoms. The molecule has 2 heterocycles. The molecule has 15 heteroatoms. The normalized spacial score (nSPS) is 12.1. The predicted molar refractivity (Wildman–Crippen MR) is 166 cm³/mol. The molecule has 0 bridgehead atoms. The van der Waals surface area contributed by atoms with Gasteiger partial charge in [0, 0.05) is 29.4 Å². The molecule has 5 N–H and O–H groups in total. The summed E-state index contributed by atoms with van der Waals surface area (Å²) in [6, 6.07) is 7.64. The van der Waals surface area contributed by atoms with Gasteiger partial charge in [0.1, 0.15) is 12.3 Å². The van der Waals surface area contributed by atoms with E-state index >= 15 is 0 Å². The van der Waals surface area contributed by atoms with Gasteiger partial charge in [0.2, 0.25) is 5.95 Å². The fourth-order valence-corrected chi connectivity index (χ4v) is 4.44. The van der Waals surface area contributed by atoms with Crippen LogP contribution >= 0.6 is 11.6 Å². The number of aromatic amines is 1. The van der Waals surface area contributed by atoms with Gasteiger partial charge in [-0.05, 0) is 42.7 Å². The second-order valence-corrected chi connectivity index (χ2v) is 10.8. The Kier molecular flexibility index (Phi) is 13.5. The van der Waals surface area contributed by atoms with Crippen molar-refractivity contribution in [1.29, 1.82) is 0 Å². The van der Waals surface area contributed by atoms with Crippen LogP contribution in [0.3, 0.4) is 0 Å². The number of aliphatic carboxylic acids is 2. The van der Waals surface area contributed by atoms with E-state index in [0.29, 0.717) is 28.3 Å². The Hall–Kier alpha value is -4.98. The number of halogens is 1. The zero-order valence-electron chi connectivity index (χ0n) is 25.4. The van der Waals surface area contributed by atoms with Crippen LogP contribution in [-0.2, 0) is 28.7 Å². The lowest BCUT2D eigenvalue weighted by Gasteiger charge is -2.19. The monoisotopic (exact) mass is 657 g/mol. The van der Waals surface area contributed by atoms with Crippen molar-refractivity contribution in [3.63, 3.8) is 0 Å². The lowest BCUT2D eigenvalue weighted by atomic mass is 10.0. The third-order valence-electron chi connectivity index (χ3n) is 6.76. The molecule has 0 aliphatic rings. The molecule has 1 amide bonds. The Labute approximate surface area is 269 Å². The largest absolute Gasteiger partial charge is 0.481 e. The van der Waals surface area contributed by atoms with Crippen molar-refractivity contribution in [3.8, 4) is 11.3 Å². The molecule has 0 spiro atoms.